The molecule has 122 valence electrons. The van der Waals surface area contributed by atoms with Crippen molar-refractivity contribution in [3.05, 3.63) is 28.8 Å². The number of amides is 1. The largest absolute Gasteiger partial charge is 0.496 e. The number of hydrogen-bond donors (Lipinski definition) is 1. The van der Waals surface area contributed by atoms with E-state index in [0.717, 1.165) is 31.2 Å². The molecule has 0 saturated heterocycles. The number of hydrogen-bond acceptors (Lipinski definition) is 3. The second kappa shape index (κ2) is 7.97. The third-order valence-corrected chi connectivity index (χ3v) is 5.84. The van der Waals surface area contributed by atoms with E-state index in [2.05, 4.69) is 5.32 Å². The molecule has 2 unspecified atom stereocenters. The first kappa shape index (κ1) is 17.3. The van der Waals surface area contributed by atoms with Crippen LogP contribution in [0.1, 0.15) is 38.2 Å². The highest BCUT2D eigenvalue weighted by atomic mass is 35.5. The van der Waals surface area contributed by atoms with Crippen molar-refractivity contribution in [2.75, 3.05) is 7.11 Å². The van der Waals surface area contributed by atoms with Gasteiger partial charge in [-0.1, -0.05) is 24.4 Å². The van der Waals surface area contributed by atoms with Crippen LogP contribution in [0.4, 0.5) is 0 Å². The Bertz CT molecular complexity index is 558. The van der Waals surface area contributed by atoms with E-state index in [4.69, 9.17) is 16.3 Å². The minimum Gasteiger partial charge on any atom is -0.496 e. The first-order valence-electron chi connectivity index (χ1n) is 7.51. The summed E-state index contributed by atoms with van der Waals surface area (Å²) in [5.74, 6) is 0.760. The Morgan fingerprint density at radius 3 is 2.77 bits per heavy atom. The molecule has 22 heavy (non-hydrogen) atoms. The third kappa shape index (κ3) is 4.46. The number of rotatable bonds is 6. The molecule has 1 aliphatic carbocycles. The predicted molar refractivity (Wildman–Crippen MR) is 89.7 cm³/mol. The average molecular weight is 344 g/mol. The predicted octanol–water partition coefficient (Wildman–Crippen LogP) is 3.04. The van der Waals surface area contributed by atoms with Crippen molar-refractivity contribution in [1.29, 1.82) is 0 Å². The Hall–Kier alpha value is -1.07. The molecule has 1 aliphatic rings. The number of carbonyl (C=O) groups excluding carboxylic acids is 1. The second-order valence-corrected chi connectivity index (χ2v) is 7.81. The van der Waals surface area contributed by atoms with Crippen molar-refractivity contribution >= 4 is 28.3 Å². The van der Waals surface area contributed by atoms with Crippen molar-refractivity contribution in [2.45, 2.75) is 49.7 Å². The molecule has 0 aromatic heterocycles. The van der Waals surface area contributed by atoms with E-state index < -0.39 is 16.0 Å². The van der Waals surface area contributed by atoms with Crippen molar-refractivity contribution in [3.63, 3.8) is 0 Å². The first-order chi connectivity index (χ1) is 10.5. The van der Waals surface area contributed by atoms with E-state index in [0.29, 0.717) is 10.8 Å². The van der Waals surface area contributed by atoms with Gasteiger partial charge in [0.15, 0.2) is 0 Å². The van der Waals surface area contributed by atoms with Crippen LogP contribution in [0.3, 0.4) is 0 Å². The Morgan fingerprint density at radius 2 is 2.14 bits per heavy atom. The summed E-state index contributed by atoms with van der Waals surface area (Å²) >= 11 is 5.98. The van der Waals surface area contributed by atoms with Crippen LogP contribution in [0.15, 0.2) is 18.2 Å². The molecule has 0 aliphatic heterocycles. The van der Waals surface area contributed by atoms with Gasteiger partial charge in [-0.3, -0.25) is 9.00 Å². The molecule has 0 bridgehead atoms. The highest BCUT2D eigenvalue weighted by Gasteiger charge is 2.25. The van der Waals surface area contributed by atoms with Crippen LogP contribution < -0.4 is 10.1 Å². The molecule has 1 aromatic rings. The van der Waals surface area contributed by atoms with Gasteiger partial charge >= 0.3 is 0 Å². The van der Waals surface area contributed by atoms with Gasteiger partial charge in [-0.25, -0.2) is 0 Å². The third-order valence-electron chi connectivity index (χ3n) is 4.01. The number of methoxy groups -OCH3 is 1. The van der Waals surface area contributed by atoms with Crippen LogP contribution in [0.25, 0.3) is 0 Å². The van der Waals surface area contributed by atoms with Gasteiger partial charge in [-0.05, 0) is 38.0 Å². The molecule has 1 N–H and O–H groups in total. The zero-order valence-corrected chi connectivity index (χ0v) is 14.5. The first-order valence-corrected chi connectivity index (χ1v) is 9.27. The van der Waals surface area contributed by atoms with Crippen LogP contribution in [0.2, 0.25) is 5.02 Å². The lowest BCUT2D eigenvalue weighted by atomic mass is 10.2. The monoisotopic (exact) mass is 343 g/mol. The number of nitrogens with one attached hydrogen (secondary N) is 1. The van der Waals surface area contributed by atoms with Crippen molar-refractivity contribution in [3.8, 4) is 5.75 Å². The Morgan fingerprint density at radius 1 is 1.45 bits per heavy atom. The fraction of sp³-hybridized carbons (Fsp3) is 0.562. The number of halogens is 1. The zero-order chi connectivity index (χ0) is 16.1. The Labute approximate surface area is 139 Å². The Kier molecular flexibility index (Phi) is 6.26. The van der Waals surface area contributed by atoms with E-state index in [1.807, 2.05) is 0 Å². The fourth-order valence-corrected chi connectivity index (χ4v) is 3.93. The van der Waals surface area contributed by atoms with Crippen molar-refractivity contribution in [2.24, 2.45) is 0 Å². The highest BCUT2D eigenvalue weighted by Crippen LogP contribution is 2.25. The molecular formula is C16H22ClNO3S. The van der Waals surface area contributed by atoms with Crippen LogP contribution in [0.5, 0.6) is 5.75 Å². The molecule has 0 heterocycles. The summed E-state index contributed by atoms with van der Waals surface area (Å²) in [7, 11) is 0.245. The maximum absolute atomic E-state index is 12.5. The van der Waals surface area contributed by atoms with Crippen molar-refractivity contribution < 1.29 is 13.7 Å². The molecule has 0 spiro atoms. The second-order valence-electron chi connectivity index (χ2n) is 5.61. The van der Waals surface area contributed by atoms with Gasteiger partial charge in [0.25, 0.3) is 0 Å². The van der Waals surface area contributed by atoms with Gasteiger partial charge in [-0.2, -0.15) is 0 Å². The van der Waals surface area contributed by atoms with Gasteiger partial charge in [0.05, 0.1) is 12.9 Å². The number of benzene rings is 1. The minimum absolute atomic E-state index is 0.133. The maximum Gasteiger partial charge on any atom is 0.235 e. The normalized spacial score (nSPS) is 18.0. The molecule has 6 heteroatoms. The molecule has 1 fully saturated rings. The summed E-state index contributed by atoms with van der Waals surface area (Å²) in [6, 6.07) is 5.45. The van der Waals surface area contributed by atoms with Gasteiger partial charge < -0.3 is 10.1 Å². The fourth-order valence-electron chi connectivity index (χ4n) is 2.65. The van der Waals surface area contributed by atoms with Crippen LogP contribution in [0, 0.1) is 0 Å². The average Bonchev–Trinajstić information content (AvgIpc) is 2.99. The highest BCUT2D eigenvalue weighted by molar-refractivity contribution is 7.85. The van der Waals surface area contributed by atoms with Gasteiger partial charge in [0, 0.05) is 27.4 Å². The molecule has 4 nitrogen and oxygen atoms in total. The lowest BCUT2D eigenvalue weighted by Crippen LogP contribution is -2.40. The molecule has 1 amide bonds. The summed E-state index contributed by atoms with van der Waals surface area (Å²) in [6.07, 6.45) is 4.35. The van der Waals surface area contributed by atoms with Gasteiger partial charge in [0.1, 0.15) is 11.0 Å². The molecule has 1 aromatic carbocycles. The minimum atomic E-state index is -1.32. The number of carbonyl (C=O) groups is 1. The quantitative estimate of drug-likeness (QED) is 0.863. The summed E-state index contributed by atoms with van der Waals surface area (Å²) < 4.78 is 17.7. The van der Waals surface area contributed by atoms with Crippen molar-refractivity contribution in [1.82, 2.24) is 5.32 Å². The SMILES string of the molecule is COc1ccc(Cl)cc1CS(=O)C(C)C(=O)NC1CCCC1. The van der Waals surface area contributed by atoms with Crippen LogP contribution >= 0.6 is 11.6 Å². The lowest BCUT2D eigenvalue weighted by molar-refractivity contribution is -0.121. The topological polar surface area (TPSA) is 55.4 Å². The van der Waals surface area contributed by atoms with E-state index in [-0.39, 0.29) is 17.7 Å². The zero-order valence-electron chi connectivity index (χ0n) is 12.9. The van der Waals surface area contributed by atoms with E-state index in [9.17, 15) is 9.00 Å². The molecule has 2 atom stereocenters. The van der Waals surface area contributed by atoms with E-state index >= 15 is 0 Å². The van der Waals surface area contributed by atoms with E-state index in [1.54, 1.807) is 32.2 Å². The molecular weight excluding hydrogens is 322 g/mol. The van der Waals surface area contributed by atoms with Gasteiger partial charge in [-0.15, -0.1) is 0 Å². The standard InChI is InChI=1S/C16H22ClNO3S/c1-11(16(19)18-14-5-3-4-6-14)22(20)10-12-9-13(17)7-8-15(12)21-2/h7-9,11,14H,3-6,10H2,1-2H3,(H,18,19). The Balaban J connectivity index is 1.98. The summed E-state index contributed by atoms with van der Waals surface area (Å²) in [6.45, 7) is 1.71. The molecule has 2 rings (SSSR count). The summed E-state index contributed by atoms with van der Waals surface area (Å²) in [4.78, 5) is 12.2. The molecule has 1 saturated carbocycles. The lowest BCUT2D eigenvalue weighted by Gasteiger charge is -2.17. The molecule has 0 radical (unpaired) electrons. The smallest absolute Gasteiger partial charge is 0.235 e. The number of ether oxygens (including phenoxy) is 1. The summed E-state index contributed by atoms with van der Waals surface area (Å²) in [5.41, 5.74) is 0.758. The van der Waals surface area contributed by atoms with E-state index in [1.165, 1.54) is 0 Å². The van der Waals surface area contributed by atoms with Crippen LogP contribution in [-0.4, -0.2) is 28.5 Å². The summed E-state index contributed by atoms with van der Waals surface area (Å²) in [5, 5.41) is 3.01. The maximum atomic E-state index is 12.5. The van der Waals surface area contributed by atoms with Crippen LogP contribution in [-0.2, 0) is 21.3 Å². The van der Waals surface area contributed by atoms with Gasteiger partial charge in [0.2, 0.25) is 5.91 Å².